The number of pyridine rings is 1. The van der Waals surface area contributed by atoms with E-state index in [-0.39, 0.29) is 16.8 Å². The van der Waals surface area contributed by atoms with Crippen LogP contribution in [-0.2, 0) is 11.0 Å². The number of hydrogen-bond acceptors (Lipinski definition) is 6. The number of fused-ring (bicyclic) bond motifs is 1. The number of carbonyl (C=O) groups is 1. The molecule has 2 saturated heterocycles. The summed E-state index contributed by atoms with van der Waals surface area (Å²) < 4.78 is 44.4. The van der Waals surface area contributed by atoms with E-state index in [1.54, 1.807) is 0 Å². The number of piperazine rings is 1. The molecule has 7 nitrogen and oxygen atoms in total. The average molecular weight is 494 g/mol. The van der Waals surface area contributed by atoms with Crippen molar-refractivity contribution in [3.63, 3.8) is 0 Å². The van der Waals surface area contributed by atoms with Gasteiger partial charge in [0.2, 0.25) is 5.91 Å². The summed E-state index contributed by atoms with van der Waals surface area (Å²) in [6.45, 7) is 3.26. The van der Waals surface area contributed by atoms with Crippen molar-refractivity contribution >= 4 is 40.4 Å². The lowest BCUT2D eigenvalue weighted by atomic mass is 9.95. The quantitative estimate of drug-likeness (QED) is 0.537. The van der Waals surface area contributed by atoms with Crippen LogP contribution in [0.3, 0.4) is 0 Å². The fourth-order valence-electron chi connectivity index (χ4n) is 4.53. The SMILES string of the molecule is O=C(C1CCN(c2nc3ccccc3o2)CC1)N1CCN(c2ncc(C(F)(F)F)cc2Cl)CC1. The van der Waals surface area contributed by atoms with E-state index in [1.165, 1.54) is 0 Å². The fraction of sp³-hybridized carbons (Fsp3) is 0.435. The van der Waals surface area contributed by atoms with Gasteiger partial charge in [0.05, 0.1) is 10.6 Å². The van der Waals surface area contributed by atoms with Gasteiger partial charge >= 0.3 is 6.18 Å². The number of para-hydroxylation sites is 2. The van der Waals surface area contributed by atoms with Crippen LogP contribution in [0.25, 0.3) is 11.1 Å². The molecular weight excluding hydrogens is 471 g/mol. The van der Waals surface area contributed by atoms with E-state index in [4.69, 9.17) is 16.0 Å². The van der Waals surface area contributed by atoms with Crippen molar-refractivity contribution in [1.82, 2.24) is 14.9 Å². The third-order valence-corrected chi connectivity index (χ3v) is 6.72. The predicted octanol–water partition coefficient (Wildman–Crippen LogP) is 4.46. The molecule has 3 aromatic rings. The standard InChI is InChI=1S/C23H23ClF3N5O2/c24-17-13-16(23(25,26)27)14-28-20(17)30-9-11-31(12-10-30)21(33)15-5-7-32(8-6-15)22-29-18-3-1-2-4-19(18)34-22/h1-4,13-15H,5-12H2. The summed E-state index contributed by atoms with van der Waals surface area (Å²) >= 11 is 6.08. The van der Waals surface area contributed by atoms with Crippen LogP contribution in [0.4, 0.5) is 25.0 Å². The molecule has 0 saturated carbocycles. The smallest absolute Gasteiger partial charge is 0.417 e. The van der Waals surface area contributed by atoms with Crippen molar-refractivity contribution in [2.45, 2.75) is 19.0 Å². The molecular formula is C23H23ClF3N5O2. The summed E-state index contributed by atoms with van der Waals surface area (Å²) in [5.41, 5.74) is 0.687. The number of benzene rings is 1. The zero-order chi connectivity index (χ0) is 23.9. The number of piperidine rings is 1. The van der Waals surface area contributed by atoms with Gasteiger partial charge in [-0.3, -0.25) is 4.79 Å². The van der Waals surface area contributed by atoms with Gasteiger partial charge in [0.1, 0.15) is 11.3 Å². The minimum Gasteiger partial charge on any atom is -0.423 e. The number of halogens is 4. The number of hydrogen-bond donors (Lipinski definition) is 0. The Bertz CT molecular complexity index is 1150. The van der Waals surface area contributed by atoms with Crippen molar-refractivity contribution in [3.05, 3.63) is 47.1 Å². The third kappa shape index (κ3) is 4.51. The van der Waals surface area contributed by atoms with E-state index in [1.807, 2.05) is 34.1 Å². The molecule has 0 N–H and O–H groups in total. The van der Waals surface area contributed by atoms with E-state index in [9.17, 15) is 18.0 Å². The van der Waals surface area contributed by atoms with Crippen molar-refractivity contribution in [1.29, 1.82) is 0 Å². The van der Waals surface area contributed by atoms with Crippen LogP contribution in [0, 0.1) is 5.92 Å². The Morgan fingerprint density at radius 3 is 2.38 bits per heavy atom. The van der Waals surface area contributed by atoms with Crippen LogP contribution in [0.2, 0.25) is 5.02 Å². The number of oxazole rings is 1. The Morgan fingerprint density at radius 1 is 1.03 bits per heavy atom. The van der Waals surface area contributed by atoms with Gasteiger partial charge < -0.3 is 19.1 Å². The molecule has 0 unspecified atom stereocenters. The molecule has 0 atom stereocenters. The highest BCUT2D eigenvalue weighted by atomic mass is 35.5. The fourth-order valence-corrected chi connectivity index (χ4v) is 4.81. The molecule has 2 aromatic heterocycles. The van der Waals surface area contributed by atoms with Gasteiger partial charge in [0.15, 0.2) is 5.58 Å². The zero-order valence-corrected chi connectivity index (χ0v) is 19.0. The second-order valence-electron chi connectivity index (χ2n) is 8.57. The summed E-state index contributed by atoms with van der Waals surface area (Å²) in [4.78, 5) is 27.3. The predicted molar refractivity (Wildman–Crippen MR) is 122 cm³/mol. The lowest BCUT2D eigenvalue weighted by Gasteiger charge is -2.39. The van der Waals surface area contributed by atoms with Crippen LogP contribution in [0.5, 0.6) is 0 Å². The summed E-state index contributed by atoms with van der Waals surface area (Å²) in [6.07, 6.45) is -2.27. The molecule has 0 aliphatic carbocycles. The zero-order valence-electron chi connectivity index (χ0n) is 18.3. The summed E-state index contributed by atoms with van der Waals surface area (Å²) in [7, 11) is 0. The van der Waals surface area contributed by atoms with Crippen molar-refractivity contribution in [2.24, 2.45) is 5.92 Å². The Morgan fingerprint density at radius 2 is 1.74 bits per heavy atom. The Labute approximate surface area is 199 Å². The van der Waals surface area contributed by atoms with Crippen LogP contribution in [0.1, 0.15) is 18.4 Å². The van der Waals surface area contributed by atoms with Gasteiger partial charge in [0.25, 0.3) is 6.01 Å². The Balaban J connectivity index is 1.15. The summed E-state index contributed by atoms with van der Waals surface area (Å²) in [5, 5.41) is -0.0406. The Kier molecular flexibility index (Phi) is 6.01. The van der Waals surface area contributed by atoms with Gasteiger partial charge in [-0.2, -0.15) is 18.2 Å². The Hall–Kier alpha value is -3.01. The molecule has 34 heavy (non-hydrogen) atoms. The normalized spacial score (nSPS) is 18.1. The topological polar surface area (TPSA) is 65.7 Å². The molecule has 4 heterocycles. The maximum absolute atomic E-state index is 13.1. The molecule has 2 fully saturated rings. The monoisotopic (exact) mass is 493 g/mol. The first-order valence-electron chi connectivity index (χ1n) is 11.2. The third-order valence-electron chi connectivity index (χ3n) is 6.44. The molecule has 2 aliphatic heterocycles. The number of anilines is 2. The van der Waals surface area contributed by atoms with Gasteiger partial charge in [0, 0.05) is 51.4 Å². The number of carbonyl (C=O) groups excluding carboxylic acids is 1. The maximum atomic E-state index is 13.1. The lowest BCUT2D eigenvalue weighted by Crippen LogP contribution is -2.52. The van der Waals surface area contributed by atoms with Crippen LogP contribution >= 0.6 is 11.6 Å². The molecule has 0 bridgehead atoms. The van der Waals surface area contributed by atoms with Crippen LogP contribution in [0.15, 0.2) is 40.9 Å². The lowest BCUT2D eigenvalue weighted by molar-refractivity contribution is -0.138. The number of rotatable bonds is 3. The largest absolute Gasteiger partial charge is 0.423 e. The highest BCUT2D eigenvalue weighted by Crippen LogP contribution is 2.34. The number of aromatic nitrogens is 2. The van der Waals surface area contributed by atoms with E-state index < -0.39 is 11.7 Å². The minimum absolute atomic E-state index is 0.0406. The van der Waals surface area contributed by atoms with Crippen LogP contribution in [-0.4, -0.2) is 60.0 Å². The molecule has 1 amide bonds. The number of alkyl halides is 3. The molecule has 2 aliphatic rings. The van der Waals surface area contributed by atoms with Gasteiger partial charge in [-0.05, 0) is 31.0 Å². The molecule has 0 radical (unpaired) electrons. The maximum Gasteiger partial charge on any atom is 0.417 e. The minimum atomic E-state index is -4.49. The van der Waals surface area contributed by atoms with E-state index in [0.717, 1.165) is 23.4 Å². The van der Waals surface area contributed by atoms with Crippen molar-refractivity contribution in [3.8, 4) is 0 Å². The van der Waals surface area contributed by atoms with Crippen molar-refractivity contribution < 1.29 is 22.4 Å². The first-order chi connectivity index (χ1) is 16.3. The first-order valence-corrected chi connectivity index (χ1v) is 11.5. The average Bonchev–Trinajstić information content (AvgIpc) is 3.28. The molecule has 1 aromatic carbocycles. The van der Waals surface area contributed by atoms with Gasteiger partial charge in [-0.25, -0.2) is 4.98 Å². The number of nitrogens with zero attached hydrogens (tertiary/aromatic N) is 5. The highest BCUT2D eigenvalue weighted by Gasteiger charge is 2.34. The van der Waals surface area contributed by atoms with Crippen molar-refractivity contribution in [2.75, 3.05) is 49.1 Å². The highest BCUT2D eigenvalue weighted by molar-refractivity contribution is 6.33. The first kappa shape index (κ1) is 22.8. The van der Waals surface area contributed by atoms with E-state index >= 15 is 0 Å². The molecule has 180 valence electrons. The van der Waals surface area contributed by atoms with Crippen LogP contribution < -0.4 is 9.80 Å². The molecule has 5 rings (SSSR count). The summed E-state index contributed by atoms with van der Waals surface area (Å²) in [5.74, 6) is 0.358. The van der Waals surface area contributed by atoms with Gasteiger partial charge in [-0.1, -0.05) is 23.7 Å². The molecule has 0 spiro atoms. The second kappa shape index (κ2) is 8.98. The van der Waals surface area contributed by atoms with E-state index in [2.05, 4.69) is 14.9 Å². The molecule has 11 heteroatoms. The summed E-state index contributed by atoms with van der Waals surface area (Å²) in [6, 6.07) is 9.10. The second-order valence-corrected chi connectivity index (χ2v) is 8.97. The van der Waals surface area contributed by atoms with Gasteiger partial charge in [-0.15, -0.1) is 0 Å². The number of amides is 1. The van der Waals surface area contributed by atoms with E-state index in [0.29, 0.717) is 63.9 Å².